The second kappa shape index (κ2) is 5.18. The van der Waals surface area contributed by atoms with Gasteiger partial charge in [-0.1, -0.05) is 13.8 Å². The van der Waals surface area contributed by atoms with E-state index >= 15 is 0 Å². The number of aromatic nitrogens is 3. The van der Waals surface area contributed by atoms with Crippen LogP contribution in [0.25, 0.3) is 5.52 Å². The zero-order valence-electron chi connectivity index (χ0n) is 14.2. The maximum atomic E-state index is 12.7. The lowest BCUT2D eigenvalue weighted by Crippen LogP contribution is -2.42. The van der Waals surface area contributed by atoms with Crippen LogP contribution in [0.4, 0.5) is 5.82 Å². The third kappa shape index (κ3) is 2.17. The normalized spacial score (nSPS) is 26.2. The highest BCUT2D eigenvalue weighted by Crippen LogP contribution is 2.43. The van der Waals surface area contributed by atoms with E-state index in [1.807, 2.05) is 6.92 Å². The van der Waals surface area contributed by atoms with Crippen molar-refractivity contribution in [2.24, 2.45) is 5.41 Å². The number of rotatable bonds is 1. The molecule has 0 aliphatic carbocycles. The van der Waals surface area contributed by atoms with Gasteiger partial charge in [0.25, 0.3) is 0 Å². The van der Waals surface area contributed by atoms with Gasteiger partial charge in [-0.25, -0.2) is 9.97 Å². The maximum Gasteiger partial charge on any atom is 0.228 e. The Bertz CT molecular complexity index is 843. The Hall–Kier alpha value is -1.63. The number of amides is 1. The summed E-state index contributed by atoms with van der Waals surface area (Å²) in [4.78, 5) is 23.7. The number of nitrogens with two attached hydrogens (primary N) is 1. The van der Waals surface area contributed by atoms with Gasteiger partial charge in [0.05, 0.1) is 0 Å². The molecule has 128 valence electrons. The van der Waals surface area contributed by atoms with Crippen LogP contribution < -0.4 is 5.73 Å². The van der Waals surface area contributed by atoms with E-state index in [9.17, 15) is 4.79 Å². The quantitative estimate of drug-likeness (QED) is 0.810. The number of fused-ring (bicyclic) bond motifs is 2. The summed E-state index contributed by atoms with van der Waals surface area (Å²) in [5.41, 5.74) is 7.63. The summed E-state index contributed by atoms with van der Waals surface area (Å²) in [6.45, 7) is 6.86. The third-order valence-electron chi connectivity index (χ3n) is 5.50. The highest BCUT2D eigenvalue weighted by molar-refractivity contribution is 9.10. The number of halogens is 1. The Labute approximate surface area is 149 Å². The van der Waals surface area contributed by atoms with Gasteiger partial charge in [-0.15, -0.1) is 0 Å². The zero-order valence-corrected chi connectivity index (χ0v) is 15.8. The first-order valence-corrected chi connectivity index (χ1v) is 9.19. The minimum absolute atomic E-state index is 0.221. The number of carbonyl (C=O) groups is 1. The fourth-order valence-electron chi connectivity index (χ4n) is 4.31. The zero-order chi connectivity index (χ0) is 17.2. The first-order valence-electron chi connectivity index (χ1n) is 8.39. The molecular weight excluding hydrogens is 370 g/mol. The summed E-state index contributed by atoms with van der Waals surface area (Å²) < 4.78 is 2.81. The number of carbonyl (C=O) groups excluding carboxylic acids is 1. The number of aryl methyl sites for hydroxylation is 1. The van der Waals surface area contributed by atoms with Crippen LogP contribution in [0.15, 0.2) is 10.8 Å². The Balaban J connectivity index is 1.75. The van der Waals surface area contributed by atoms with Gasteiger partial charge in [-0.2, -0.15) is 0 Å². The van der Waals surface area contributed by atoms with Gasteiger partial charge in [0.2, 0.25) is 5.91 Å². The summed E-state index contributed by atoms with van der Waals surface area (Å²) in [6.07, 6.45) is 4.81. The number of nitrogen functional groups attached to an aromatic ring is 1. The molecule has 2 fully saturated rings. The van der Waals surface area contributed by atoms with Gasteiger partial charge >= 0.3 is 0 Å². The molecule has 0 unspecified atom stereocenters. The topological polar surface area (TPSA) is 76.5 Å². The lowest BCUT2D eigenvalue weighted by atomic mass is 9.87. The minimum Gasteiger partial charge on any atom is -0.382 e. The molecule has 24 heavy (non-hydrogen) atoms. The second-order valence-electron chi connectivity index (χ2n) is 7.70. The first-order chi connectivity index (χ1) is 11.3. The van der Waals surface area contributed by atoms with E-state index in [1.54, 1.807) is 6.20 Å². The lowest BCUT2D eigenvalue weighted by Gasteiger charge is -2.34. The van der Waals surface area contributed by atoms with Crippen molar-refractivity contribution in [2.45, 2.75) is 52.0 Å². The average Bonchev–Trinajstić information content (AvgIpc) is 2.99. The van der Waals surface area contributed by atoms with Crippen molar-refractivity contribution >= 4 is 33.2 Å². The van der Waals surface area contributed by atoms with Gasteiger partial charge < -0.3 is 10.6 Å². The SMILES string of the molecule is Cc1cnc(N)c2c(Br)nc([C@H]3CC[C@@H]4CC(C)(C)C(=O)N4C3)n12. The molecule has 2 aliphatic heterocycles. The summed E-state index contributed by atoms with van der Waals surface area (Å²) in [5, 5.41) is 0. The summed E-state index contributed by atoms with van der Waals surface area (Å²) in [6, 6.07) is 0.381. The molecule has 2 atom stereocenters. The minimum atomic E-state index is -0.237. The fourth-order valence-corrected chi connectivity index (χ4v) is 4.87. The highest BCUT2D eigenvalue weighted by Gasteiger charge is 2.48. The fraction of sp³-hybridized carbons (Fsp3) is 0.588. The molecule has 6 nitrogen and oxygen atoms in total. The van der Waals surface area contributed by atoms with Gasteiger partial charge in [0, 0.05) is 35.8 Å². The van der Waals surface area contributed by atoms with Crippen molar-refractivity contribution in [2.75, 3.05) is 12.3 Å². The number of piperidine rings is 1. The predicted molar refractivity (Wildman–Crippen MR) is 95.7 cm³/mol. The molecule has 7 heteroatoms. The van der Waals surface area contributed by atoms with Crippen molar-refractivity contribution in [1.29, 1.82) is 0 Å². The van der Waals surface area contributed by atoms with Gasteiger partial charge in [-0.3, -0.25) is 9.20 Å². The van der Waals surface area contributed by atoms with Crippen molar-refractivity contribution < 1.29 is 4.79 Å². The Morgan fingerprint density at radius 3 is 2.88 bits per heavy atom. The standard InChI is InChI=1S/C17H22BrN5O/c1-9-7-20-14(19)12-13(18)21-15(23(9)12)10-4-5-11-6-17(2,3)16(24)22(11)8-10/h7,10-11H,4-6,8H2,1-3H3,(H2,19,20)/t10-,11+/m0/s1. The Morgan fingerprint density at radius 1 is 1.38 bits per heavy atom. The number of hydrogen-bond donors (Lipinski definition) is 1. The van der Waals surface area contributed by atoms with Gasteiger partial charge in [0.1, 0.15) is 15.9 Å². The maximum absolute atomic E-state index is 12.7. The Morgan fingerprint density at radius 2 is 2.12 bits per heavy atom. The van der Waals surface area contributed by atoms with E-state index < -0.39 is 0 Å². The summed E-state index contributed by atoms with van der Waals surface area (Å²) in [7, 11) is 0. The van der Waals surface area contributed by atoms with Crippen LogP contribution in [-0.4, -0.2) is 37.8 Å². The molecule has 2 aromatic heterocycles. The van der Waals surface area contributed by atoms with E-state index in [1.165, 1.54) is 0 Å². The van der Waals surface area contributed by atoms with Crippen LogP contribution >= 0.6 is 15.9 Å². The molecule has 2 aromatic rings. The average molecular weight is 392 g/mol. The Kier molecular flexibility index (Phi) is 3.43. The molecule has 0 spiro atoms. The molecule has 4 rings (SSSR count). The molecule has 2 N–H and O–H groups in total. The predicted octanol–water partition coefficient (Wildman–Crippen LogP) is 2.89. The van der Waals surface area contributed by atoms with E-state index in [-0.39, 0.29) is 17.2 Å². The van der Waals surface area contributed by atoms with Gasteiger partial charge in [-0.05, 0) is 42.1 Å². The molecule has 2 saturated heterocycles. The van der Waals surface area contributed by atoms with Crippen LogP contribution in [0.5, 0.6) is 0 Å². The monoisotopic (exact) mass is 391 g/mol. The van der Waals surface area contributed by atoms with E-state index in [2.05, 4.69) is 44.1 Å². The van der Waals surface area contributed by atoms with Crippen molar-refractivity contribution in [3.05, 3.63) is 22.3 Å². The van der Waals surface area contributed by atoms with Crippen LogP contribution in [0.3, 0.4) is 0 Å². The second-order valence-corrected chi connectivity index (χ2v) is 8.45. The number of nitrogens with zero attached hydrogens (tertiary/aromatic N) is 4. The van der Waals surface area contributed by atoms with Crippen LogP contribution in [-0.2, 0) is 4.79 Å². The highest BCUT2D eigenvalue weighted by atomic mass is 79.9. The first kappa shape index (κ1) is 15.9. The molecule has 0 bridgehead atoms. The van der Waals surface area contributed by atoms with Crippen LogP contribution in [0.1, 0.15) is 50.5 Å². The summed E-state index contributed by atoms with van der Waals surface area (Å²) in [5.74, 6) is 1.94. The molecule has 0 aromatic carbocycles. The molecule has 1 amide bonds. The van der Waals surface area contributed by atoms with Crippen LogP contribution in [0.2, 0.25) is 0 Å². The third-order valence-corrected chi connectivity index (χ3v) is 6.06. The van der Waals surface area contributed by atoms with E-state index in [0.29, 0.717) is 11.9 Å². The van der Waals surface area contributed by atoms with Crippen molar-refractivity contribution in [1.82, 2.24) is 19.3 Å². The lowest BCUT2D eigenvalue weighted by molar-refractivity contribution is -0.136. The van der Waals surface area contributed by atoms with Crippen molar-refractivity contribution in [3.63, 3.8) is 0 Å². The molecule has 0 radical (unpaired) electrons. The van der Waals surface area contributed by atoms with Crippen molar-refractivity contribution in [3.8, 4) is 0 Å². The number of imidazole rings is 1. The smallest absolute Gasteiger partial charge is 0.228 e. The summed E-state index contributed by atoms with van der Waals surface area (Å²) >= 11 is 3.52. The van der Waals surface area contributed by atoms with Gasteiger partial charge in [0.15, 0.2) is 5.82 Å². The molecular formula is C17H22BrN5O. The van der Waals surface area contributed by atoms with E-state index in [0.717, 1.165) is 47.4 Å². The molecule has 2 aliphatic rings. The number of anilines is 1. The largest absolute Gasteiger partial charge is 0.382 e. The molecule has 4 heterocycles. The number of hydrogen-bond acceptors (Lipinski definition) is 4. The van der Waals surface area contributed by atoms with Crippen LogP contribution in [0, 0.1) is 12.3 Å². The molecule has 0 saturated carbocycles. The van der Waals surface area contributed by atoms with E-state index in [4.69, 9.17) is 10.7 Å².